The van der Waals surface area contributed by atoms with Gasteiger partial charge in [0.05, 0.1) is 29.1 Å². The Balaban J connectivity index is 1.26. The van der Waals surface area contributed by atoms with Crippen molar-refractivity contribution in [3.05, 3.63) is 47.9 Å². The number of nitrogens with two attached hydrogens (primary N) is 1. The van der Waals surface area contributed by atoms with Crippen LogP contribution in [0.25, 0.3) is 43.6 Å². The normalized spacial score (nSPS) is 18.0. The molecule has 40 heavy (non-hydrogen) atoms. The number of thiazole rings is 1. The van der Waals surface area contributed by atoms with Crippen LogP contribution in [-0.2, 0) is 20.9 Å². The van der Waals surface area contributed by atoms with Crippen LogP contribution in [0.2, 0.25) is 0 Å². The molecule has 0 spiro atoms. The fourth-order valence-corrected chi connectivity index (χ4v) is 6.16. The summed E-state index contributed by atoms with van der Waals surface area (Å²) >= 11 is 1.54. The van der Waals surface area contributed by atoms with Crippen LogP contribution in [0.3, 0.4) is 0 Å². The van der Waals surface area contributed by atoms with Crippen LogP contribution in [-0.4, -0.2) is 45.1 Å². The van der Waals surface area contributed by atoms with Gasteiger partial charge < -0.3 is 19.6 Å². The summed E-state index contributed by atoms with van der Waals surface area (Å²) in [6.45, 7) is 0.421. The number of rotatable bonds is 6. The van der Waals surface area contributed by atoms with E-state index in [1.54, 1.807) is 35.5 Å². The van der Waals surface area contributed by atoms with Gasteiger partial charge in [0.1, 0.15) is 16.9 Å². The number of carbonyl (C=O) groups excluding carboxylic acids is 1. The molecule has 0 unspecified atom stereocenters. The zero-order valence-electron chi connectivity index (χ0n) is 21.3. The molecule has 1 aromatic carbocycles. The number of pyridine rings is 1. The monoisotopic (exact) mass is 571 g/mol. The van der Waals surface area contributed by atoms with E-state index in [1.807, 2.05) is 30.5 Å². The molecule has 0 amide bonds. The minimum absolute atomic E-state index is 0.0306. The molecular formula is C27H24F3N5O4S. The van der Waals surface area contributed by atoms with Crippen molar-refractivity contribution in [2.75, 3.05) is 12.8 Å². The molecule has 5 aromatic rings. The smallest absolute Gasteiger partial charge is 0.456 e. The highest BCUT2D eigenvalue weighted by molar-refractivity contribution is 7.19. The number of hydrogen-bond donors (Lipinski definition) is 1. The van der Waals surface area contributed by atoms with Crippen LogP contribution >= 0.6 is 11.3 Å². The van der Waals surface area contributed by atoms with E-state index in [9.17, 15) is 18.0 Å². The third kappa shape index (κ3) is 4.90. The zero-order valence-corrected chi connectivity index (χ0v) is 22.1. The number of ether oxygens (including phenoxy) is 2. The van der Waals surface area contributed by atoms with Gasteiger partial charge in [-0.1, -0.05) is 6.07 Å². The van der Waals surface area contributed by atoms with Gasteiger partial charge in [0.2, 0.25) is 0 Å². The van der Waals surface area contributed by atoms with Crippen molar-refractivity contribution in [1.29, 1.82) is 0 Å². The minimum Gasteiger partial charge on any atom is -0.456 e. The fourth-order valence-electron chi connectivity index (χ4n) is 5.10. The van der Waals surface area contributed by atoms with E-state index in [1.165, 1.54) is 0 Å². The quantitative estimate of drug-likeness (QED) is 0.237. The van der Waals surface area contributed by atoms with Crippen LogP contribution in [0, 0.1) is 0 Å². The third-order valence-corrected chi connectivity index (χ3v) is 8.09. The summed E-state index contributed by atoms with van der Waals surface area (Å²) in [5.74, 6) is -1.24. The highest BCUT2D eigenvalue weighted by Gasteiger charge is 2.42. The molecule has 0 bridgehead atoms. The number of hydrogen-bond acceptors (Lipinski definition) is 9. The maximum Gasteiger partial charge on any atom is 0.490 e. The Morgan fingerprint density at radius 2 is 2.00 bits per heavy atom. The average Bonchev–Trinajstić information content (AvgIpc) is 3.67. The Hall–Kier alpha value is -3.97. The fraction of sp³-hybridized carbons (Fsp3) is 0.333. The summed E-state index contributed by atoms with van der Waals surface area (Å²) in [7, 11) is 1.63. The maximum atomic E-state index is 12.5. The molecule has 4 heterocycles. The SMILES string of the molecule is COCc1nc2cccc(-c3cc4c(-c5cnn([C@H]6CC[C@H](OC(=O)C(F)(F)F)CC6)c5)cnc(N)c4o3)c2s1. The first-order chi connectivity index (χ1) is 19.2. The molecule has 1 fully saturated rings. The number of methoxy groups -OCH3 is 1. The lowest BCUT2D eigenvalue weighted by Gasteiger charge is -2.28. The summed E-state index contributed by atoms with van der Waals surface area (Å²) in [5, 5.41) is 6.16. The molecule has 0 radical (unpaired) electrons. The largest absolute Gasteiger partial charge is 0.490 e. The number of alkyl halides is 3. The number of fused-ring (bicyclic) bond motifs is 2. The second-order valence-electron chi connectivity index (χ2n) is 9.65. The second-order valence-corrected chi connectivity index (χ2v) is 10.7. The third-order valence-electron chi connectivity index (χ3n) is 7.02. The topological polar surface area (TPSA) is 118 Å². The molecule has 9 nitrogen and oxygen atoms in total. The lowest BCUT2D eigenvalue weighted by Crippen LogP contribution is -2.32. The standard InChI is InChI=1S/C27H24F3N5O4S/c1-37-13-22-34-20-4-2-3-17(24(20)40-22)21-9-18-19(11-32-25(31)23(18)39-21)14-10-33-35(12-14)15-5-7-16(8-6-15)38-26(36)27(28,29)30/h2-4,9-12,15-16H,5-8,13H2,1H3,(H2,31,32)/t15-,16-. The number of benzene rings is 1. The molecule has 208 valence electrons. The van der Waals surface area contributed by atoms with Crippen molar-refractivity contribution in [3.8, 4) is 22.5 Å². The Kier molecular flexibility index (Phi) is 6.70. The van der Waals surface area contributed by atoms with Crippen molar-refractivity contribution in [2.24, 2.45) is 0 Å². The number of aromatic nitrogens is 4. The molecule has 2 N–H and O–H groups in total. The van der Waals surface area contributed by atoms with Crippen LogP contribution < -0.4 is 5.73 Å². The van der Waals surface area contributed by atoms with Crippen molar-refractivity contribution in [2.45, 2.75) is 50.6 Å². The van der Waals surface area contributed by atoms with Gasteiger partial charge in [-0.25, -0.2) is 14.8 Å². The predicted molar refractivity (Wildman–Crippen MR) is 142 cm³/mol. The summed E-state index contributed by atoms with van der Waals surface area (Å²) in [5.41, 5.74) is 9.98. The van der Waals surface area contributed by atoms with E-state index in [-0.39, 0.29) is 11.9 Å². The number of nitrogen functional groups attached to an aromatic ring is 1. The van der Waals surface area contributed by atoms with Gasteiger partial charge in [-0.05, 0) is 43.9 Å². The minimum atomic E-state index is -4.99. The Labute approximate surface area is 229 Å². The summed E-state index contributed by atoms with van der Waals surface area (Å²) in [4.78, 5) is 20.1. The van der Waals surface area contributed by atoms with E-state index < -0.39 is 18.2 Å². The molecule has 0 aliphatic heterocycles. The van der Waals surface area contributed by atoms with Crippen molar-refractivity contribution in [3.63, 3.8) is 0 Å². The van der Waals surface area contributed by atoms with Gasteiger partial charge in [-0.3, -0.25) is 4.68 Å². The number of nitrogens with zero attached hydrogens (tertiary/aromatic N) is 4. The molecule has 13 heteroatoms. The first-order valence-corrected chi connectivity index (χ1v) is 13.4. The van der Waals surface area contributed by atoms with E-state index in [2.05, 4.69) is 19.8 Å². The summed E-state index contributed by atoms with van der Waals surface area (Å²) in [6.07, 6.45) is 1.26. The van der Waals surface area contributed by atoms with Gasteiger partial charge in [0.15, 0.2) is 11.4 Å². The molecule has 1 saturated carbocycles. The molecule has 6 rings (SSSR count). The van der Waals surface area contributed by atoms with E-state index >= 15 is 0 Å². The number of anilines is 1. The van der Waals surface area contributed by atoms with Crippen molar-refractivity contribution < 1.29 is 31.9 Å². The molecule has 1 aliphatic rings. The predicted octanol–water partition coefficient (Wildman–Crippen LogP) is 6.29. The first-order valence-electron chi connectivity index (χ1n) is 12.6. The van der Waals surface area contributed by atoms with Gasteiger partial charge in [0.25, 0.3) is 0 Å². The molecule has 0 atom stereocenters. The van der Waals surface area contributed by atoms with Crippen LogP contribution in [0.1, 0.15) is 36.7 Å². The zero-order chi connectivity index (χ0) is 28.0. The lowest BCUT2D eigenvalue weighted by molar-refractivity contribution is -0.206. The number of halogens is 3. The highest BCUT2D eigenvalue weighted by Crippen LogP contribution is 2.40. The Morgan fingerprint density at radius 3 is 2.75 bits per heavy atom. The lowest BCUT2D eigenvalue weighted by atomic mass is 9.93. The number of carbonyl (C=O) groups is 1. The van der Waals surface area contributed by atoms with Crippen LogP contribution in [0.5, 0.6) is 0 Å². The maximum absolute atomic E-state index is 12.5. The summed E-state index contributed by atoms with van der Waals surface area (Å²) in [6, 6.07) is 7.74. The van der Waals surface area contributed by atoms with E-state index in [0.717, 1.165) is 37.3 Å². The highest BCUT2D eigenvalue weighted by atomic mass is 32.1. The molecule has 0 saturated heterocycles. The Bertz CT molecular complexity index is 1700. The van der Waals surface area contributed by atoms with E-state index in [0.29, 0.717) is 43.6 Å². The first kappa shape index (κ1) is 26.3. The molecule has 1 aliphatic carbocycles. The second kappa shape index (κ2) is 10.2. The molecular weight excluding hydrogens is 547 g/mol. The van der Waals surface area contributed by atoms with Crippen molar-refractivity contribution in [1.82, 2.24) is 19.7 Å². The van der Waals surface area contributed by atoms with Gasteiger partial charge in [0, 0.05) is 41.6 Å². The van der Waals surface area contributed by atoms with Crippen LogP contribution in [0.15, 0.2) is 47.3 Å². The Morgan fingerprint density at radius 1 is 1.20 bits per heavy atom. The van der Waals surface area contributed by atoms with Gasteiger partial charge in [-0.15, -0.1) is 11.3 Å². The average molecular weight is 572 g/mol. The van der Waals surface area contributed by atoms with Crippen LogP contribution in [0.4, 0.5) is 19.0 Å². The van der Waals surface area contributed by atoms with Gasteiger partial charge >= 0.3 is 12.1 Å². The molecule has 4 aromatic heterocycles. The van der Waals surface area contributed by atoms with Gasteiger partial charge in [-0.2, -0.15) is 18.3 Å². The number of esters is 1. The van der Waals surface area contributed by atoms with E-state index in [4.69, 9.17) is 14.9 Å². The van der Waals surface area contributed by atoms with Crippen molar-refractivity contribution >= 4 is 44.3 Å². The summed E-state index contributed by atoms with van der Waals surface area (Å²) < 4.78 is 56.4. The number of furan rings is 1.